The normalized spacial score (nSPS) is 12.4. The number of thioether (sulfide) groups is 1. The number of nitrogens with zero attached hydrogens (tertiary/aromatic N) is 2. The molecule has 9 heteroatoms. The van der Waals surface area contributed by atoms with Gasteiger partial charge >= 0.3 is 0 Å². The highest BCUT2D eigenvalue weighted by Gasteiger charge is 2.17. The average molecular weight is 421 g/mol. The van der Waals surface area contributed by atoms with Crippen molar-refractivity contribution in [2.24, 2.45) is 5.92 Å². The Balaban J connectivity index is 1.65. The predicted octanol–water partition coefficient (Wildman–Crippen LogP) is 4.30. The van der Waals surface area contributed by atoms with E-state index in [0.29, 0.717) is 33.8 Å². The third-order valence-corrected chi connectivity index (χ3v) is 6.47. The molecular weight excluding hydrogens is 396 g/mol. The van der Waals surface area contributed by atoms with Crippen molar-refractivity contribution in [3.8, 4) is 0 Å². The number of amides is 1. The summed E-state index contributed by atoms with van der Waals surface area (Å²) in [6.45, 7) is 8.16. The Morgan fingerprint density at radius 1 is 1.43 bits per heavy atom. The van der Waals surface area contributed by atoms with Gasteiger partial charge in [-0.2, -0.15) is 0 Å². The Morgan fingerprint density at radius 3 is 2.89 bits per heavy atom. The van der Waals surface area contributed by atoms with Crippen LogP contribution in [0, 0.1) is 19.8 Å². The molecule has 0 aromatic carbocycles. The summed E-state index contributed by atoms with van der Waals surface area (Å²) in [6.07, 6.45) is 2.24. The van der Waals surface area contributed by atoms with E-state index in [-0.39, 0.29) is 17.9 Å². The first-order chi connectivity index (χ1) is 13.4. The Labute approximate surface area is 171 Å². The van der Waals surface area contributed by atoms with Gasteiger partial charge in [-0.25, -0.2) is 4.98 Å². The van der Waals surface area contributed by atoms with Gasteiger partial charge < -0.3 is 14.8 Å². The van der Waals surface area contributed by atoms with Gasteiger partial charge in [0.05, 0.1) is 5.39 Å². The maximum Gasteiger partial charge on any atom is 0.260 e. The van der Waals surface area contributed by atoms with Crippen LogP contribution >= 0.6 is 23.1 Å². The van der Waals surface area contributed by atoms with Crippen LogP contribution < -0.4 is 10.9 Å². The minimum atomic E-state index is -0.160. The smallest absolute Gasteiger partial charge is 0.260 e. The zero-order valence-electron chi connectivity index (χ0n) is 16.4. The summed E-state index contributed by atoms with van der Waals surface area (Å²) in [7, 11) is 0. The number of aromatic amines is 1. The molecule has 0 aliphatic carbocycles. The summed E-state index contributed by atoms with van der Waals surface area (Å²) in [5.74, 6) is 1.91. The Morgan fingerprint density at radius 2 is 2.21 bits per heavy atom. The number of anilines is 1. The van der Waals surface area contributed by atoms with Crippen LogP contribution in [0.15, 0.2) is 20.5 Å². The van der Waals surface area contributed by atoms with Crippen molar-refractivity contribution in [2.45, 2.75) is 52.1 Å². The van der Waals surface area contributed by atoms with Crippen LogP contribution in [0.4, 0.5) is 5.82 Å². The molecule has 150 valence electrons. The largest absolute Gasteiger partial charge is 0.360 e. The molecule has 1 atom stereocenters. The lowest BCUT2D eigenvalue weighted by molar-refractivity contribution is -0.115. The van der Waals surface area contributed by atoms with Crippen LogP contribution in [0.25, 0.3) is 10.2 Å². The number of aromatic nitrogens is 3. The van der Waals surface area contributed by atoms with Gasteiger partial charge in [-0.3, -0.25) is 9.59 Å². The van der Waals surface area contributed by atoms with E-state index in [2.05, 4.69) is 34.3 Å². The molecule has 0 spiro atoms. The molecular formula is C19H24N4O3S2. The van der Waals surface area contributed by atoms with E-state index in [1.807, 2.05) is 6.92 Å². The first kappa shape index (κ1) is 20.6. The summed E-state index contributed by atoms with van der Waals surface area (Å²) >= 11 is 2.92. The van der Waals surface area contributed by atoms with Crippen molar-refractivity contribution in [1.82, 2.24) is 15.1 Å². The van der Waals surface area contributed by atoms with Crippen molar-refractivity contribution >= 4 is 45.0 Å². The molecule has 0 saturated carbocycles. The van der Waals surface area contributed by atoms with E-state index >= 15 is 0 Å². The van der Waals surface area contributed by atoms with Crippen LogP contribution in [0.3, 0.4) is 0 Å². The first-order valence-corrected chi connectivity index (χ1v) is 11.1. The number of hydrogen-bond acceptors (Lipinski definition) is 7. The molecule has 2 N–H and O–H groups in total. The molecule has 1 unspecified atom stereocenters. The van der Waals surface area contributed by atoms with Gasteiger partial charge in [0.2, 0.25) is 5.91 Å². The highest BCUT2D eigenvalue weighted by molar-refractivity contribution is 7.99. The zero-order chi connectivity index (χ0) is 20.3. The Kier molecular flexibility index (Phi) is 6.56. The summed E-state index contributed by atoms with van der Waals surface area (Å²) in [5, 5.41) is 7.66. The van der Waals surface area contributed by atoms with Gasteiger partial charge in [-0.15, -0.1) is 11.3 Å². The second kappa shape index (κ2) is 8.91. The van der Waals surface area contributed by atoms with E-state index in [9.17, 15) is 9.59 Å². The van der Waals surface area contributed by atoms with E-state index in [4.69, 9.17) is 4.52 Å². The highest BCUT2D eigenvalue weighted by Crippen LogP contribution is 2.30. The topological polar surface area (TPSA) is 101 Å². The van der Waals surface area contributed by atoms with Crippen LogP contribution in [-0.4, -0.2) is 26.8 Å². The van der Waals surface area contributed by atoms with Crippen molar-refractivity contribution in [3.63, 3.8) is 0 Å². The number of hydrogen-bond donors (Lipinski definition) is 2. The lowest BCUT2D eigenvalue weighted by Gasteiger charge is -2.08. The summed E-state index contributed by atoms with van der Waals surface area (Å²) in [4.78, 5) is 34.0. The molecule has 0 aliphatic heterocycles. The van der Waals surface area contributed by atoms with Crippen LogP contribution in [0.1, 0.15) is 42.9 Å². The number of carbonyl (C=O) groups excluding carboxylic acids is 1. The molecule has 0 radical (unpaired) electrons. The Hall–Kier alpha value is -2.13. The molecule has 0 aliphatic rings. The van der Waals surface area contributed by atoms with Gasteiger partial charge in [0, 0.05) is 23.1 Å². The molecule has 28 heavy (non-hydrogen) atoms. The van der Waals surface area contributed by atoms with Gasteiger partial charge in [0.1, 0.15) is 10.6 Å². The van der Waals surface area contributed by atoms with Crippen LogP contribution in [-0.2, 0) is 11.2 Å². The van der Waals surface area contributed by atoms with Gasteiger partial charge in [-0.1, -0.05) is 37.2 Å². The number of carbonyl (C=O) groups is 1. The molecule has 3 rings (SSSR count). The maximum atomic E-state index is 12.6. The number of aryl methyl sites for hydroxylation is 2. The minimum Gasteiger partial charge on any atom is -0.360 e. The molecule has 3 heterocycles. The van der Waals surface area contributed by atoms with E-state index in [1.54, 1.807) is 24.3 Å². The van der Waals surface area contributed by atoms with E-state index in [1.165, 1.54) is 11.8 Å². The van der Waals surface area contributed by atoms with E-state index < -0.39 is 0 Å². The standard InChI is InChI=1S/C19H24N4O3S2/c1-5-10(2)8-13-12(4)28-18-16(13)17(25)21-19(22-18)27-7-6-15(24)20-14-9-11(3)26-23-14/h9-10H,5-8H2,1-4H3,(H,20,23,24)(H,21,22,25). The third kappa shape index (κ3) is 4.82. The van der Waals surface area contributed by atoms with Gasteiger partial charge in [-0.05, 0) is 31.7 Å². The monoisotopic (exact) mass is 420 g/mol. The number of rotatable bonds is 8. The third-order valence-electron chi connectivity index (χ3n) is 4.55. The molecule has 0 bridgehead atoms. The number of nitrogens with one attached hydrogen (secondary N) is 2. The fraction of sp³-hybridized carbons (Fsp3) is 0.474. The first-order valence-electron chi connectivity index (χ1n) is 9.25. The quantitative estimate of drug-likeness (QED) is 0.416. The molecule has 3 aromatic heterocycles. The second-order valence-electron chi connectivity index (χ2n) is 6.88. The molecule has 3 aromatic rings. The molecule has 0 fully saturated rings. The number of thiophene rings is 1. The lowest BCUT2D eigenvalue weighted by Crippen LogP contribution is -2.13. The molecule has 7 nitrogen and oxygen atoms in total. The maximum absolute atomic E-state index is 12.6. The lowest BCUT2D eigenvalue weighted by atomic mass is 9.98. The van der Waals surface area contributed by atoms with Gasteiger partial charge in [0.15, 0.2) is 11.0 Å². The average Bonchev–Trinajstić information content (AvgIpc) is 3.18. The SMILES string of the molecule is CCC(C)Cc1c(C)sc2nc(SCCC(=O)Nc3cc(C)on3)[nH]c(=O)c12. The van der Waals surface area contributed by atoms with Crippen molar-refractivity contribution in [3.05, 3.63) is 32.6 Å². The molecule has 0 saturated heterocycles. The zero-order valence-corrected chi connectivity index (χ0v) is 18.1. The summed E-state index contributed by atoms with van der Waals surface area (Å²) < 4.78 is 4.92. The van der Waals surface area contributed by atoms with Crippen molar-refractivity contribution in [2.75, 3.05) is 11.1 Å². The van der Waals surface area contributed by atoms with Crippen molar-refractivity contribution < 1.29 is 9.32 Å². The predicted molar refractivity (Wildman–Crippen MR) is 113 cm³/mol. The summed E-state index contributed by atoms with van der Waals surface area (Å²) in [6, 6.07) is 1.66. The fourth-order valence-corrected chi connectivity index (χ4v) is 4.75. The number of fused-ring (bicyclic) bond motifs is 1. The number of H-pyrrole nitrogens is 1. The fourth-order valence-electron chi connectivity index (χ4n) is 2.83. The summed E-state index contributed by atoms with van der Waals surface area (Å²) in [5.41, 5.74) is 1.01. The molecule has 1 amide bonds. The van der Waals surface area contributed by atoms with E-state index in [0.717, 1.165) is 28.1 Å². The van der Waals surface area contributed by atoms with Crippen LogP contribution in [0.2, 0.25) is 0 Å². The highest BCUT2D eigenvalue weighted by atomic mass is 32.2. The Bertz CT molecular complexity index is 1040. The van der Waals surface area contributed by atoms with Gasteiger partial charge in [0.25, 0.3) is 5.56 Å². The van der Waals surface area contributed by atoms with Crippen molar-refractivity contribution in [1.29, 1.82) is 0 Å². The minimum absolute atomic E-state index is 0.0994. The van der Waals surface area contributed by atoms with Crippen LogP contribution in [0.5, 0.6) is 0 Å². The second-order valence-corrected chi connectivity index (χ2v) is 9.16.